The summed E-state index contributed by atoms with van der Waals surface area (Å²) < 4.78 is 33.2. The summed E-state index contributed by atoms with van der Waals surface area (Å²) in [5.41, 5.74) is 3.26. The van der Waals surface area contributed by atoms with Crippen molar-refractivity contribution in [3.8, 4) is 17.0 Å². The fourth-order valence-corrected chi connectivity index (χ4v) is 4.36. The molecule has 9 heteroatoms. The van der Waals surface area contributed by atoms with Gasteiger partial charge < -0.3 is 19.4 Å². The number of halogens is 3. The normalized spacial score (nSPS) is 18.3. The number of aryl methyl sites for hydroxylation is 1. The Morgan fingerprint density at radius 3 is 2.87 bits per heavy atom. The quantitative estimate of drug-likeness (QED) is 0.477. The lowest BCUT2D eigenvalue weighted by Crippen LogP contribution is -2.12. The van der Waals surface area contributed by atoms with Gasteiger partial charge in [0.2, 0.25) is 0 Å². The molecule has 0 bridgehead atoms. The van der Waals surface area contributed by atoms with E-state index in [1.807, 2.05) is 17.6 Å². The first-order valence-electron chi connectivity index (χ1n) is 9.37. The van der Waals surface area contributed by atoms with E-state index in [0.717, 1.165) is 5.52 Å². The van der Waals surface area contributed by atoms with Crippen LogP contribution in [-0.4, -0.2) is 31.2 Å². The molecule has 4 aromatic rings. The minimum atomic E-state index is -2.98. The fourth-order valence-electron chi connectivity index (χ4n) is 4.20. The number of H-pyrrole nitrogens is 1. The van der Waals surface area contributed by atoms with Crippen LogP contribution in [0.15, 0.2) is 42.6 Å². The highest BCUT2D eigenvalue weighted by Gasteiger charge is 2.37. The third kappa shape index (κ3) is 3.03. The number of aromatic nitrogens is 4. The predicted octanol–water partition coefficient (Wildman–Crippen LogP) is 5.02. The first-order valence-corrected chi connectivity index (χ1v) is 9.75. The molecule has 2 N–H and O–H groups in total. The molecule has 0 amide bonds. The van der Waals surface area contributed by atoms with Crippen LogP contribution in [0.5, 0.6) is 5.75 Å². The zero-order chi connectivity index (χ0) is 21.0. The van der Waals surface area contributed by atoms with Crippen molar-refractivity contribution in [2.24, 2.45) is 0 Å². The van der Waals surface area contributed by atoms with Gasteiger partial charge in [-0.1, -0.05) is 23.7 Å². The SMILES string of the molecule is Cc1ncc(-c2cccc(OC(F)F)c2[C@H]2C[C@H](O)c3nc4ccc(Cl)cc4n32)[nH]1. The number of nitrogens with zero attached hydrogens (tertiary/aromatic N) is 3. The second-order valence-corrected chi connectivity index (χ2v) is 7.65. The molecule has 2 aromatic heterocycles. The Bertz CT molecular complexity index is 1250. The van der Waals surface area contributed by atoms with Gasteiger partial charge in [0.05, 0.1) is 29.0 Å². The molecule has 3 heterocycles. The number of fused-ring (bicyclic) bond motifs is 3. The maximum atomic E-state index is 13.2. The van der Waals surface area contributed by atoms with E-state index in [4.69, 9.17) is 16.3 Å². The molecule has 0 fully saturated rings. The van der Waals surface area contributed by atoms with E-state index in [1.54, 1.807) is 30.5 Å². The predicted molar refractivity (Wildman–Crippen MR) is 108 cm³/mol. The first-order chi connectivity index (χ1) is 14.4. The molecule has 0 spiro atoms. The van der Waals surface area contributed by atoms with Crippen LogP contribution in [0.4, 0.5) is 8.78 Å². The van der Waals surface area contributed by atoms with E-state index >= 15 is 0 Å². The Kier molecular flexibility index (Phi) is 4.48. The largest absolute Gasteiger partial charge is 0.434 e. The third-order valence-corrected chi connectivity index (χ3v) is 5.58. The molecule has 5 rings (SSSR count). The summed E-state index contributed by atoms with van der Waals surface area (Å²) >= 11 is 6.20. The third-order valence-electron chi connectivity index (χ3n) is 5.34. The maximum absolute atomic E-state index is 13.2. The summed E-state index contributed by atoms with van der Waals surface area (Å²) in [6.07, 6.45) is 1.07. The number of aliphatic hydroxyl groups is 1. The van der Waals surface area contributed by atoms with Crippen molar-refractivity contribution in [2.45, 2.75) is 32.1 Å². The Labute approximate surface area is 175 Å². The van der Waals surface area contributed by atoms with Gasteiger partial charge in [0.25, 0.3) is 0 Å². The van der Waals surface area contributed by atoms with Crippen LogP contribution in [-0.2, 0) is 0 Å². The highest BCUT2D eigenvalue weighted by molar-refractivity contribution is 6.31. The Balaban J connectivity index is 1.77. The van der Waals surface area contributed by atoms with Crippen molar-refractivity contribution in [1.29, 1.82) is 0 Å². The van der Waals surface area contributed by atoms with Gasteiger partial charge in [-0.3, -0.25) is 0 Å². The monoisotopic (exact) mass is 430 g/mol. The van der Waals surface area contributed by atoms with Crippen molar-refractivity contribution < 1.29 is 18.6 Å². The number of benzene rings is 2. The molecular formula is C21H17ClF2N4O2. The van der Waals surface area contributed by atoms with Crippen LogP contribution in [0.2, 0.25) is 5.02 Å². The summed E-state index contributed by atoms with van der Waals surface area (Å²) in [7, 11) is 0. The lowest BCUT2D eigenvalue weighted by atomic mass is 9.95. The van der Waals surface area contributed by atoms with Crippen molar-refractivity contribution in [3.63, 3.8) is 0 Å². The zero-order valence-electron chi connectivity index (χ0n) is 15.8. The highest BCUT2D eigenvalue weighted by Crippen LogP contribution is 2.47. The minimum absolute atomic E-state index is 0.0451. The standard InChI is InChI=1S/C21H17ClF2N4O2/c1-10-25-9-14(26-10)12-3-2-4-18(30-21(23)24)19(12)16-8-17(29)20-27-13-6-5-11(22)7-15(13)28(16)20/h2-7,9,16-17,21,29H,8H2,1H3,(H,25,26)/t16-,17+/m1/s1. The lowest BCUT2D eigenvalue weighted by Gasteiger charge is -2.22. The smallest absolute Gasteiger partial charge is 0.387 e. The summed E-state index contributed by atoms with van der Waals surface area (Å²) in [6, 6.07) is 9.75. The number of imidazole rings is 2. The first kappa shape index (κ1) is 19.0. The topological polar surface area (TPSA) is 76.0 Å². The van der Waals surface area contributed by atoms with E-state index in [0.29, 0.717) is 39.0 Å². The van der Waals surface area contributed by atoms with Gasteiger partial charge in [0, 0.05) is 22.6 Å². The van der Waals surface area contributed by atoms with E-state index in [1.165, 1.54) is 6.07 Å². The lowest BCUT2D eigenvalue weighted by molar-refractivity contribution is -0.0506. The number of hydrogen-bond donors (Lipinski definition) is 2. The average Bonchev–Trinajstić information content (AvgIpc) is 3.37. The Morgan fingerprint density at radius 2 is 2.13 bits per heavy atom. The van der Waals surface area contributed by atoms with E-state index in [2.05, 4.69) is 15.0 Å². The maximum Gasteiger partial charge on any atom is 0.387 e. The molecule has 0 saturated heterocycles. The summed E-state index contributed by atoms with van der Waals surface area (Å²) in [6.45, 7) is -1.17. The van der Waals surface area contributed by atoms with E-state index in [9.17, 15) is 13.9 Å². The van der Waals surface area contributed by atoms with Crippen molar-refractivity contribution in [1.82, 2.24) is 19.5 Å². The number of alkyl halides is 2. The Hall–Kier alpha value is -2.97. The molecule has 0 unspecified atom stereocenters. The average molecular weight is 431 g/mol. The molecule has 1 aliphatic rings. The number of aliphatic hydroxyl groups excluding tert-OH is 1. The molecule has 154 valence electrons. The van der Waals surface area contributed by atoms with Crippen LogP contribution >= 0.6 is 11.6 Å². The van der Waals surface area contributed by atoms with Crippen molar-refractivity contribution in [3.05, 3.63) is 64.8 Å². The molecule has 0 radical (unpaired) electrons. The van der Waals surface area contributed by atoms with Crippen LogP contribution in [0.1, 0.15) is 35.8 Å². The van der Waals surface area contributed by atoms with Gasteiger partial charge in [-0.15, -0.1) is 0 Å². The minimum Gasteiger partial charge on any atom is -0.434 e. The van der Waals surface area contributed by atoms with E-state index in [-0.39, 0.29) is 12.2 Å². The van der Waals surface area contributed by atoms with Gasteiger partial charge in [-0.05, 0) is 31.2 Å². The molecule has 30 heavy (non-hydrogen) atoms. The number of nitrogens with one attached hydrogen (secondary N) is 1. The summed E-state index contributed by atoms with van der Waals surface area (Å²) in [5, 5.41) is 11.2. The van der Waals surface area contributed by atoms with Crippen molar-refractivity contribution >= 4 is 22.6 Å². The van der Waals surface area contributed by atoms with Gasteiger partial charge in [-0.2, -0.15) is 8.78 Å². The van der Waals surface area contributed by atoms with Crippen molar-refractivity contribution in [2.75, 3.05) is 0 Å². The highest BCUT2D eigenvalue weighted by atomic mass is 35.5. The van der Waals surface area contributed by atoms with Gasteiger partial charge >= 0.3 is 6.61 Å². The molecule has 0 saturated carbocycles. The summed E-state index contributed by atoms with van der Waals surface area (Å²) in [4.78, 5) is 11.9. The number of aromatic amines is 1. The number of hydrogen-bond acceptors (Lipinski definition) is 4. The molecule has 2 aromatic carbocycles. The molecule has 2 atom stereocenters. The number of rotatable bonds is 4. The van der Waals surface area contributed by atoms with Gasteiger partial charge in [-0.25, -0.2) is 9.97 Å². The second kappa shape index (κ2) is 7.07. The van der Waals surface area contributed by atoms with E-state index < -0.39 is 18.8 Å². The van der Waals surface area contributed by atoms with Crippen LogP contribution < -0.4 is 4.74 Å². The molecule has 6 nitrogen and oxygen atoms in total. The second-order valence-electron chi connectivity index (χ2n) is 7.22. The fraction of sp³-hybridized carbons (Fsp3) is 0.238. The number of ether oxygens (including phenoxy) is 1. The van der Waals surface area contributed by atoms with Gasteiger partial charge in [0.15, 0.2) is 0 Å². The molecular weight excluding hydrogens is 414 g/mol. The molecule has 0 aliphatic carbocycles. The van der Waals surface area contributed by atoms with Crippen LogP contribution in [0, 0.1) is 6.92 Å². The Morgan fingerprint density at radius 1 is 1.30 bits per heavy atom. The van der Waals surface area contributed by atoms with Gasteiger partial charge in [0.1, 0.15) is 23.5 Å². The summed E-state index contributed by atoms with van der Waals surface area (Å²) in [5.74, 6) is 1.21. The van der Waals surface area contributed by atoms with Crippen LogP contribution in [0.25, 0.3) is 22.3 Å². The van der Waals surface area contributed by atoms with Crippen LogP contribution in [0.3, 0.4) is 0 Å². The molecule has 1 aliphatic heterocycles. The zero-order valence-corrected chi connectivity index (χ0v) is 16.6.